The third-order valence-corrected chi connectivity index (χ3v) is 15.5. The maximum absolute atomic E-state index is 15.6. The number of rotatable bonds is 22. The Kier molecular flexibility index (Phi) is 17.1. The summed E-state index contributed by atoms with van der Waals surface area (Å²) in [5, 5.41) is 38.8. The van der Waals surface area contributed by atoms with E-state index in [-0.39, 0.29) is 62.1 Å². The minimum atomic E-state index is -1.53. The monoisotopic (exact) mass is 1010 g/mol. The first-order valence-corrected chi connectivity index (χ1v) is 26.8. The van der Waals surface area contributed by atoms with Gasteiger partial charge in [-0.25, -0.2) is 0 Å². The van der Waals surface area contributed by atoms with Crippen LogP contribution in [0.2, 0.25) is 0 Å². The van der Waals surface area contributed by atoms with Crippen molar-refractivity contribution in [2.75, 3.05) is 32.7 Å². The smallest absolute Gasteiger partial charge is 0.269 e. The molecule has 4 aliphatic rings. The number of allylic oxidation sites excluding steroid dienone is 1. The van der Waals surface area contributed by atoms with Crippen molar-refractivity contribution in [3.8, 4) is 17.2 Å². The highest BCUT2D eigenvalue weighted by Crippen LogP contribution is 2.62. The molecule has 13 nitrogen and oxygen atoms in total. The Bertz CT molecular complexity index is 2800. The molecule has 5 aromatic carbocycles. The molecule has 1 amide bonds. The molecule has 5 aromatic rings. The van der Waals surface area contributed by atoms with Crippen molar-refractivity contribution in [1.29, 1.82) is 0 Å². The Morgan fingerprint density at radius 1 is 0.945 bits per heavy atom. The maximum Gasteiger partial charge on any atom is 0.269 e. The molecular formula is C59H65N3O10S. The number of benzene rings is 5. The van der Waals surface area contributed by atoms with Crippen molar-refractivity contribution in [3.05, 3.63) is 166 Å². The normalized spacial score (nSPS) is 23.8. The van der Waals surface area contributed by atoms with Gasteiger partial charge in [-0.3, -0.25) is 14.9 Å². The molecule has 7 atom stereocenters. The summed E-state index contributed by atoms with van der Waals surface area (Å²) in [5.41, 5.74) is 4.00. The number of nitrogens with zero attached hydrogens (tertiary/aromatic N) is 3. The molecule has 0 bridgehead atoms. The van der Waals surface area contributed by atoms with E-state index in [9.17, 15) is 20.3 Å². The lowest BCUT2D eigenvalue weighted by atomic mass is 9.55. The second kappa shape index (κ2) is 24.2. The molecule has 73 heavy (non-hydrogen) atoms. The van der Waals surface area contributed by atoms with Gasteiger partial charge in [0.15, 0.2) is 0 Å². The Balaban J connectivity index is 1.26. The third-order valence-electron chi connectivity index (χ3n) is 14.8. The Hall–Kier alpha value is -6.29. The molecule has 382 valence electrons. The fourth-order valence-corrected chi connectivity index (χ4v) is 11.7. The van der Waals surface area contributed by atoms with Gasteiger partial charge in [0.25, 0.3) is 5.69 Å². The standard InChI is InChI=1S/C59H65N3O10S/c1-3-34-69-59-54(61(39-43-16-12-15-41-13-4-5-17-48(41)43)55(65)31-22-40-20-23-44(24-21-40)62(66)67)38-52(60-72-56-19-8-11-35-68-56)50-36-42(14-6-9-32-63)49(18-7-10-33-64)57(58(50)59)51-37-46(27-30-53(51)71-59)70-45-25-28-47(73-2)29-26-45/h3-5,12-13,15-17,20-31,36-37,42,49,54,56-58,63-64H,1,6-11,14,18-19,32-35,38-39H2,2H3. The number of fused-ring (bicyclic) bond motifs is 3. The number of nitro groups is 1. The first kappa shape index (κ1) is 51.6. The summed E-state index contributed by atoms with van der Waals surface area (Å²) in [7, 11) is 0. The van der Waals surface area contributed by atoms with Gasteiger partial charge in [0, 0.05) is 67.2 Å². The predicted octanol–water partition coefficient (Wildman–Crippen LogP) is 12.2. The number of carbonyl (C=O) groups is 1. The molecule has 1 saturated heterocycles. The highest BCUT2D eigenvalue weighted by molar-refractivity contribution is 7.98. The van der Waals surface area contributed by atoms with Crippen LogP contribution in [0.4, 0.5) is 5.69 Å². The van der Waals surface area contributed by atoms with Crippen LogP contribution in [-0.4, -0.2) is 82.5 Å². The summed E-state index contributed by atoms with van der Waals surface area (Å²) in [6, 6.07) is 33.4. The third kappa shape index (κ3) is 11.6. The molecule has 2 aliphatic heterocycles. The van der Waals surface area contributed by atoms with E-state index in [0.717, 1.165) is 70.9 Å². The lowest BCUT2D eigenvalue weighted by molar-refractivity contribution is -0.384. The first-order valence-electron chi connectivity index (χ1n) is 25.6. The molecule has 2 aliphatic carbocycles. The van der Waals surface area contributed by atoms with Crippen LogP contribution in [0.25, 0.3) is 16.8 Å². The maximum atomic E-state index is 15.6. The number of ether oxygens (including phenoxy) is 4. The van der Waals surface area contributed by atoms with Crippen molar-refractivity contribution >= 4 is 45.9 Å². The second-order valence-corrected chi connectivity index (χ2v) is 20.1. The number of non-ortho nitro benzene ring substituents is 1. The van der Waals surface area contributed by atoms with E-state index in [2.05, 4.69) is 36.9 Å². The summed E-state index contributed by atoms with van der Waals surface area (Å²) >= 11 is 1.66. The number of thioether (sulfide) groups is 1. The number of aliphatic hydroxyl groups is 2. The molecular weight excluding hydrogens is 943 g/mol. The number of hydrogen-bond donors (Lipinski definition) is 2. The molecule has 2 N–H and O–H groups in total. The number of unbranched alkanes of at least 4 members (excludes halogenated alkanes) is 2. The summed E-state index contributed by atoms with van der Waals surface area (Å²) < 4.78 is 27.6. The van der Waals surface area contributed by atoms with Gasteiger partial charge in [-0.15, -0.1) is 18.3 Å². The minimum Gasteiger partial charge on any atom is -0.459 e. The van der Waals surface area contributed by atoms with Crippen LogP contribution < -0.4 is 9.47 Å². The van der Waals surface area contributed by atoms with Crippen molar-refractivity contribution < 1.29 is 43.7 Å². The van der Waals surface area contributed by atoms with Gasteiger partial charge < -0.3 is 38.9 Å². The molecule has 1 saturated carbocycles. The van der Waals surface area contributed by atoms with Gasteiger partial charge in [0.2, 0.25) is 18.0 Å². The van der Waals surface area contributed by atoms with Crippen molar-refractivity contribution in [2.45, 2.75) is 99.7 Å². The molecule has 0 aromatic heterocycles. The van der Waals surface area contributed by atoms with E-state index in [1.54, 1.807) is 36.0 Å². The van der Waals surface area contributed by atoms with Gasteiger partial charge in [-0.1, -0.05) is 72.6 Å². The summed E-state index contributed by atoms with van der Waals surface area (Å²) in [6.07, 6.45) is 15.9. The highest BCUT2D eigenvalue weighted by Gasteiger charge is 2.65. The van der Waals surface area contributed by atoms with Crippen molar-refractivity contribution in [2.24, 2.45) is 22.9 Å². The molecule has 14 heteroatoms. The Labute approximate surface area is 431 Å². The van der Waals surface area contributed by atoms with Gasteiger partial charge >= 0.3 is 0 Å². The van der Waals surface area contributed by atoms with E-state index in [1.165, 1.54) is 18.2 Å². The van der Waals surface area contributed by atoms with Crippen LogP contribution in [-0.2, 0) is 25.7 Å². The fraction of sp³-hybridized carbons (Fsp3) is 0.390. The van der Waals surface area contributed by atoms with E-state index < -0.39 is 29.0 Å². The van der Waals surface area contributed by atoms with Crippen LogP contribution in [0.5, 0.6) is 17.2 Å². The van der Waals surface area contributed by atoms with Crippen LogP contribution in [0.3, 0.4) is 0 Å². The average molecular weight is 1010 g/mol. The highest BCUT2D eigenvalue weighted by atomic mass is 32.2. The van der Waals surface area contributed by atoms with Gasteiger partial charge in [0.1, 0.15) is 23.3 Å². The number of aliphatic hydroxyl groups excluding tert-OH is 2. The quantitative estimate of drug-likeness (QED) is 0.0169. The summed E-state index contributed by atoms with van der Waals surface area (Å²) in [4.78, 5) is 36.0. The Morgan fingerprint density at radius 2 is 1.71 bits per heavy atom. The number of hydrogen-bond acceptors (Lipinski definition) is 12. The summed E-state index contributed by atoms with van der Waals surface area (Å²) in [6.45, 7) is 5.08. The first-order chi connectivity index (χ1) is 35.7. The topological polar surface area (TPSA) is 162 Å². The zero-order valence-electron chi connectivity index (χ0n) is 41.4. The van der Waals surface area contributed by atoms with Crippen molar-refractivity contribution in [3.63, 3.8) is 0 Å². The number of oxime groups is 1. The van der Waals surface area contributed by atoms with Gasteiger partial charge in [-0.05, 0) is 145 Å². The van der Waals surface area contributed by atoms with Gasteiger partial charge in [-0.2, -0.15) is 0 Å². The van der Waals surface area contributed by atoms with Crippen LogP contribution >= 0.6 is 11.8 Å². The Morgan fingerprint density at radius 3 is 2.45 bits per heavy atom. The number of amides is 1. The number of carbonyl (C=O) groups excluding carboxylic acids is 1. The van der Waals surface area contributed by atoms with Crippen LogP contribution in [0.1, 0.15) is 86.8 Å². The zero-order chi connectivity index (χ0) is 50.7. The van der Waals surface area contributed by atoms with Crippen LogP contribution in [0.15, 0.2) is 150 Å². The van der Waals surface area contributed by atoms with E-state index in [0.29, 0.717) is 54.4 Å². The lowest BCUT2D eigenvalue weighted by Crippen LogP contribution is -2.70. The van der Waals surface area contributed by atoms with Crippen LogP contribution in [0, 0.1) is 27.9 Å². The molecule has 9 rings (SSSR count). The molecule has 0 radical (unpaired) electrons. The second-order valence-electron chi connectivity index (χ2n) is 19.2. The number of nitro benzene ring substituents is 1. The van der Waals surface area contributed by atoms with Gasteiger partial charge in [0.05, 0.1) is 29.8 Å². The van der Waals surface area contributed by atoms with E-state index in [4.69, 9.17) is 28.9 Å². The van der Waals surface area contributed by atoms with E-state index >= 15 is 4.79 Å². The lowest BCUT2D eigenvalue weighted by Gasteiger charge is -2.60. The largest absolute Gasteiger partial charge is 0.459 e. The molecule has 0 spiro atoms. The molecule has 2 fully saturated rings. The average Bonchev–Trinajstić information content (AvgIpc) is 3.42. The molecule has 7 unspecified atom stereocenters. The SMILES string of the molecule is C=CCOC12Oc3ccc(Oc4ccc(SC)cc4)cc3C3C(CCCCO)C(CCCCO)C=C(C(=NOC4CCCCO4)CC1N(Cc1cccc4ccccc14)C(=O)C=Cc1ccc([N+](=O)[O-])cc1)C32. The summed E-state index contributed by atoms with van der Waals surface area (Å²) in [5.74, 6) is -0.728. The van der Waals surface area contributed by atoms with E-state index in [1.807, 2.05) is 71.8 Å². The molecule has 2 heterocycles. The zero-order valence-corrected chi connectivity index (χ0v) is 42.2. The predicted molar refractivity (Wildman–Crippen MR) is 285 cm³/mol. The minimum absolute atomic E-state index is 0.00342. The van der Waals surface area contributed by atoms with Crippen molar-refractivity contribution in [1.82, 2.24) is 4.90 Å². The fourth-order valence-electron chi connectivity index (χ4n) is 11.3.